The maximum atomic E-state index is 12.7. The number of allylic oxidation sites excluding steroid dienone is 1. The second-order valence-corrected chi connectivity index (χ2v) is 5.05. The summed E-state index contributed by atoms with van der Waals surface area (Å²) in [6.45, 7) is -6.16. The first-order chi connectivity index (χ1) is 14.3. The van der Waals surface area contributed by atoms with Gasteiger partial charge in [-0.15, -0.1) is 0 Å². The highest BCUT2D eigenvalue weighted by Crippen LogP contribution is 2.43. The van der Waals surface area contributed by atoms with E-state index < -0.39 is 65.1 Å². The molecule has 25 heavy (non-hydrogen) atoms. The number of hydrogen-bond acceptors (Lipinski definition) is 7. The summed E-state index contributed by atoms with van der Waals surface area (Å²) in [4.78, 5) is 39.8. The Morgan fingerprint density at radius 3 is 2.52 bits per heavy atom. The van der Waals surface area contributed by atoms with Gasteiger partial charge in [0.05, 0.1) is 24.7 Å². The van der Waals surface area contributed by atoms with Crippen molar-refractivity contribution in [3.05, 3.63) is 51.2 Å². The van der Waals surface area contributed by atoms with Crippen molar-refractivity contribution in [1.82, 2.24) is 0 Å². The molecule has 8 nitrogen and oxygen atoms in total. The molecule has 0 amide bonds. The lowest BCUT2D eigenvalue weighted by Gasteiger charge is -2.30. The minimum absolute atomic E-state index is 0.262. The molecule has 1 aliphatic rings. The highest BCUT2D eigenvalue weighted by Gasteiger charge is 2.44. The fourth-order valence-electron chi connectivity index (χ4n) is 2.68. The minimum Gasteiger partial charge on any atom is -0.468 e. The van der Waals surface area contributed by atoms with E-state index in [-0.39, 0.29) is 5.56 Å². The molecule has 0 spiro atoms. The van der Waals surface area contributed by atoms with Gasteiger partial charge < -0.3 is 9.47 Å². The second kappa shape index (κ2) is 7.25. The standard InChI is InChI=1S/C17H18N2O6/c1-9-13(16(20)24-3)15(14(10(2)18-9)17(21)25-4)11-7-5-6-8-12(11)19(22)23/h5-8,13,15H,1-4H3/i1D3,2D3. The number of aliphatic imine (C=N–C) groups is 1. The van der Waals surface area contributed by atoms with Crippen LogP contribution in [0.1, 0.15) is 33.4 Å². The number of esters is 2. The lowest BCUT2D eigenvalue weighted by Crippen LogP contribution is -2.36. The number of nitrogens with zero attached hydrogens (tertiary/aromatic N) is 2. The van der Waals surface area contributed by atoms with Crippen molar-refractivity contribution in [3.8, 4) is 0 Å². The summed E-state index contributed by atoms with van der Waals surface area (Å²) in [6.07, 6.45) is 0. The van der Waals surface area contributed by atoms with E-state index in [2.05, 4.69) is 9.73 Å². The molecule has 0 radical (unpaired) electrons. The molecule has 0 aromatic heterocycles. The lowest BCUT2D eigenvalue weighted by atomic mass is 9.75. The molecule has 2 atom stereocenters. The summed E-state index contributed by atoms with van der Waals surface area (Å²) in [5.41, 5.74) is -3.28. The van der Waals surface area contributed by atoms with Gasteiger partial charge in [-0.1, -0.05) is 18.2 Å². The van der Waals surface area contributed by atoms with Crippen molar-refractivity contribution < 1.29 is 32.2 Å². The highest BCUT2D eigenvalue weighted by atomic mass is 16.6. The zero-order valence-electron chi connectivity index (χ0n) is 19.3. The van der Waals surface area contributed by atoms with E-state index in [9.17, 15) is 19.7 Å². The number of ether oxygens (including phenoxy) is 2. The van der Waals surface area contributed by atoms with E-state index in [1.165, 1.54) is 18.2 Å². The van der Waals surface area contributed by atoms with Crippen LogP contribution < -0.4 is 0 Å². The molecule has 0 fully saturated rings. The SMILES string of the molecule is [2H]C([2H])([2H])C1=NC(C([2H])([2H])[2H])=C(C(=O)OC)C(c2ccccc2[N+](=O)[O-])C1C(=O)OC. The van der Waals surface area contributed by atoms with Gasteiger partial charge in [0.2, 0.25) is 0 Å². The number of para-hydroxylation sites is 1. The third-order valence-electron chi connectivity index (χ3n) is 3.76. The van der Waals surface area contributed by atoms with Gasteiger partial charge in [0.1, 0.15) is 5.92 Å². The number of rotatable bonds is 4. The summed E-state index contributed by atoms with van der Waals surface area (Å²) in [5, 5.41) is 11.6. The van der Waals surface area contributed by atoms with Gasteiger partial charge in [0, 0.05) is 37.2 Å². The highest BCUT2D eigenvalue weighted by molar-refractivity contribution is 6.07. The fraction of sp³-hybridized carbons (Fsp3) is 0.353. The molecule has 1 aromatic carbocycles. The molecule has 1 aromatic rings. The van der Waals surface area contributed by atoms with Crippen LogP contribution in [0.4, 0.5) is 5.69 Å². The van der Waals surface area contributed by atoms with E-state index >= 15 is 0 Å². The summed E-state index contributed by atoms with van der Waals surface area (Å²) in [6, 6.07) is 4.96. The van der Waals surface area contributed by atoms with Gasteiger partial charge in [0.15, 0.2) is 0 Å². The third kappa shape index (κ3) is 3.28. The van der Waals surface area contributed by atoms with E-state index in [0.29, 0.717) is 0 Å². The molecule has 1 aliphatic heterocycles. The molecule has 2 rings (SSSR count). The van der Waals surface area contributed by atoms with Crippen molar-refractivity contribution in [1.29, 1.82) is 0 Å². The molecule has 0 saturated carbocycles. The van der Waals surface area contributed by atoms with Gasteiger partial charge in [-0.05, 0) is 13.7 Å². The third-order valence-corrected chi connectivity index (χ3v) is 3.76. The monoisotopic (exact) mass is 352 g/mol. The zero-order chi connectivity index (χ0) is 23.7. The maximum absolute atomic E-state index is 12.7. The van der Waals surface area contributed by atoms with Crippen LogP contribution in [0.2, 0.25) is 0 Å². The van der Waals surface area contributed by atoms with Crippen molar-refractivity contribution in [2.45, 2.75) is 19.6 Å². The normalized spacial score (nSPS) is 24.5. The van der Waals surface area contributed by atoms with Crippen LogP contribution >= 0.6 is 0 Å². The van der Waals surface area contributed by atoms with Gasteiger partial charge in [-0.3, -0.25) is 19.9 Å². The first-order valence-corrected chi connectivity index (χ1v) is 6.98. The second-order valence-electron chi connectivity index (χ2n) is 5.05. The van der Waals surface area contributed by atoms with Crippen LogP contribution in [0.15, 0.2) is 40.5 Å². The first-order valence-electron chi connectivity index (χ1n) is 9.98. The zero-order valence-corrected chi connectivity index (χ0v) is 13.3. The molecular formula is C17H18N2O6. The van der Waals surface area contributed by atoms with Crippen molar-refractivity contribution in [3.63, 3.8) is 0 Å². The molecular weight excluding hydrogens is 328 g/mol. The predicted octanol–water partition coefficient (Wildman–Crippen LogP) is 2.39. The number of carbonyl (C=O) groups excluding carboxylic acids is 2. The van der Waals surface area contributed by atoms with E-state index in [1.807, 2.05) is 0 Å². The summed E-state index contributed by atoms with van der Waals surface area (Å²) < 4.78 is 55.9. The lowest BCUT2D eigenvalue weighted by molar-refractivity contribution is -0.385. The Morgan fingerprint density at radius 2 is 1.96 bits per heavy atom. The van der Waals surface area contributed by atoms with Crippen LogP contribution in [-0.2, 0) is 19.1 Å². The molecule has 1 heterocycles. The largest absolute Gasteiger partial charge is 0.468 e. The van der Waals surface area contributed by atoms with Crippen molar-refractivity contribution >= 4 is 23.3 Å². The van der Waals surface area contributed by atoms with Gasteiger partial charge >= 0.3 is 11.9 Å². The first kappa shape index (κ1) is 11.5. The summed E-state index contributed by atoms with van der Waals surface area (Å²) in [5.74, 6) is -5.93. The summed E-state index contributed by atoms with van der Waals surface area (Å²) >= 11 is 0. The molecule has 0 saturated heterocycles. The van der Waals surface area contributed by atoms with Crippen LogP contribution in [0, 0.1) is 16.0 Å². The van der Waals surface area contributed by atoms with Crippen LogP contribution in [-0.4, -0.2) is 36.8 Å². The van der Waals surface area contributed by atoms with E-state index in [0.717, 1.165) is 20.3 Å². The van der Waals surface area contributed by atoms with Crippen LogP contribution in [0.5, 0.6) is 0 Å². The molecule has 0 N–H and O–H groups in total. The van der Waals surface area contributed by atoms with E-state index in [1.54, 1.807) is 0 Å². The Labute approximate surface area is 152 Å². The van der Waals surface area contributed by atoms with Gasteiger partial charge in [-0.25, -0.2) is 4.79 Å². The smallest absolute Gasteiger partial charge is 0.336 e. The number of carbonyl (C=O) groups is 2. The van der Waals surface area contributed by atoms with E-state index in [4.69, 9.17) is 13.0 Å². The van der Waals surface area contributed by atoms with Gasteiger partial charge in [-0.2, -0.15) is 0 Å². The maximum Gasteiger partial charge on any atom is 0.336 e. The van der Waals surface area contributed by atoms with Gasteiger partial charge in [0.25, 0.3) is 5.69 Å². The minimum atomic E-state index is -3.09. The quantitative estimate of drug-likeness (QED) is 0.468. The molecule has 132 valence electrons. The Morgan fingerprint density at radius 1 is 1.24 bits per heavy atom. The number of benzene rings is 1. The van der Waals surface area contributed by atoms with Crippen LogP contribution in [0.3, 0.4) is 0 Å². The topological polar surface area (TPSA) is 108 Å². The Bertz CT molecular complexity index is 982. The average Bonchev–Trinajstić information content (AvgIpc) is 2.69. The molecule has 8 heteroatoms. The number of nitro benzene ring substituents is 1. The number of hydrogen-bond donors (Lipinski definition) is 0. The fourth-order valence-corrected chi connectivity index (χ4v) is 2.68. The Kier molecular flexibility index (Phi) is 3.34. The average molecular weight is 352 g/mol. The predicted molar refractivity (Wildman–Crippen MR) is 89.2 cm³/mol. The molecule has 2 unspecified atom stereocenters. The molecule has 0 aliphatic carbocycles. The summed E-state index contributed by atoms with van der Waals surface area (Å²) in [7, 11) is 1.90. The van der Waals surface area contributed by atoms with Crippen LogP contribution in [0.25, 0.3) is 0 Å². The Hall–Kier alpha value is -3.03. The number of nitro groups is 1. The van der Waals surface area contributed by atoms with Crippen molar-refractivity contribution in [2.75, 3.05) is 14.2 Å². The number of methoxy groups -OCH3 is 2. The Balaban J connectivity index is 3.07. The van der Waals surface area contributed by atoms with Crippen molar-refractivity contribution in [2.24, 2.45) is 10.9 Å². The molecule has 0 bridgehead atoms.